The average molecular weight is 379 g/mol. The van der Waals surface area contributed by atoms with E-state index in [0.717, 1.165) is 41.1 Å². The fourth-order valence-electron chi connectivity index (χ4n) is 3.55. The van der Waals surface area contributed by atoms with Crippen LogP contribution >= 0.6 is 0 Å². The van der Waals surface area contributed by atoms with Crippen LogP contribution in [0.15, 0.2) is 36.5 Å². The molecule has 3 N–H and O–H groups in total. The van der Waals surface area contributed by atoms with Gasteiger partial charge in [0.25, 0.3) is 0 Å². The van der Waals surface area contributed by atoms with Crippen molar-refractivity contribution in [3.05, 3.63) is 42.1 Å². The first-order valence-corrected chi connectivity index (χ1v) is 10.2. The van der Waals surface area contributed by atoms with Crippen molar-refractivity contribution in [1.29, 1.82) is 0 Å². The Balaban J connectivity index is 1.74. The maximum atomic E-state index is 5.68. The van der Waals surface area contributed by atoms with E-state index >= 15 is 0 Å². The maximum absolute atomic E-state index is 5.68. The van der Waals surface area contributed by atoms with Crippen LogP contribution in [-0.2, 0) is 6.54 Å². The fourth-order valence-corrected chi connectivity index (χ4v) is 3.55. The number of nitrogens with zero attached hydrogens (tertiary/aromatic N) is 4. The Bertz CT molecular complexity index is 957. The zero-order valence-corrected chi connectivity index (χ0v) is 17.0. The van der Waals surface area contributed by atoms with Crippen LogP contribution in [0.25, 0.3) is 22.3 Å². The van der Waals surface area contributed by atoms with E-state index in [1.807, 2.05) is 10.9 Å². The summed E-state index contributed by atoms with van der Waals surface area (Å²) in [6, 6.07) is 11.7. The van der Waals surface area contributed by atoms with Crippen LogP contribution in [-0.4, -0.2) is 45.8 Å². The Kier molecular flexibility index (Phi) is 5.33. The highest BCUT2D eigenvalue weighted by Crippen LogP contribution is 2.33. The van der Waals surface area contributed by atoms with Gasteiger partial charge >= 0.3 is 0 Å². The summed E-state index contributed by atoms with van der Waals surface area (Å²) in [5.74, 6) is 0. The summed E-state index contributed by atoms with van der Waals surface area (Å²) in [5, 5.41) is 9.36. The number of benzene rings is 1. The number of nitrogens with two attached hydrogens (primary N) is 1. The van der Waals surface area contributed by atoms with Gasteiger partial charge in [-0.1, -0.05) is 18.2 Å². The Morgan fingerprint density at radius 1 is 1.29 bits per heavy atom. The van der Waals surface area contributed by atoms with E-state index in [0.29, 0.717) is 12.6 Å². The highest BCUT2D eigenvalue weighted by molar-refractivity contribution is 5.92. The molecule has 1 aliphatic rings. The zero-order chi connectivity index (χ0) is 19.7. The van der Waals surface area contributed by atoms with Crippen LogP contribution in [0.4, 0.5) is 5.69 Å². The Morgan fingerprint density at radius 3 is 2.82 bits per heavy atom. The molecule has 0 saturated heterocycles. The molecule has 2 heterocycles. The van der Waals surface area contributed by atoms with Crippen LogP contribution in [0, 0.1) is 0 Å². The lowest BCUT2D eigenvalue weighted by atomic mass is 10.1. The van der Waals surface area contributed by atoms with Crippen LogP contribution < -0.4 is 11.1 Å². The molecule has 1 aliphatic carbocycles. The third-order valence-corrected chi connectivity index (χ3v) is 5.18. The number of fused-ring (bicyclic) bond motifs is 1. The number of pyridine rings is 1. The van der Waals surface area contributed by atoms with Crippen LogP contribution in [0.2, 0.25) is 0 Å². The number of aromatic nitrogens is 3. The van der Waals surface area contributed by atoms with Gasteiger partial charge in [-0.05, 0) is 51.4 Å². The molecule has 0 amide bonds. The van der Waals surface area contributed by atoms with Crippen molar-refractivity contribution in [3.8, 4) is 11.3 Å². The van der Waals surface area contributed by atoms with Crippen molar-refractivity contribution in [1.82, 2.24) is 19.7 Å². The number of rotatable bonds is 8. The normalized spacial score (nSPS) is 14.4. The average Bonchev–Trinajstić information content (AvgIpc) is 3.37. The minimum absolute atomic E-state index is 0.269. The lowest BCUT2D eigenvalue weighted by Gasteiger charge is -2.16. The quantitative estimate of drug-likeness (QED) is 0.626. The van der Waals surface area contributed by atoms with Crippen molar-refractivity contribution in [2.45, 2.75) is 45.3 Å². The molecular formula is C22H30N6. The Labute approximate surface area is 166 Å². The van der Waals surface area contributed by atoms with Gasteiger partial charge in [0.2, 0.25) is 0 Å². The molecule has 0 unspecified atom stereocenters. The number of hydrogen-bond donors (Lipinski definition) is 2. The molecule has 1 aromatic carbocycles. The van der Waals surface area contributed by atoms with Gasteiger partial charge in [0.15, 0.2) is 5.65 Å². The first kappa shape index (κ1) is 18.9. The number of anilines is 1. The van der Waals surface area contributed by atoms with E-state index in [1.54, 1.807) is 0 Å². The Morgan fingerprint density at radius 2 is 2.11 bits per heavy atom. The lowest BCUT2D eigenvalue weighted by molar-refractivity contribution is 0.336. The predicted octanol–water partition coefficient (Wildman–Crippen LogP) is 3.64. The van der Waals surface area contributed by atoms with Gasteiger partial charge in [0.05, 0.1) is 17.3 Å². The molecule has 0 spiro atoms. The molecule has 1 fully saturated rings. The lowest BCUT2D eigenvalue weighted by Crippen LogP contribution is -2.24. The summed E-state index contributed by atoms with van der Waals surface area (Å²) >= 11 is 0. The topological polar surface area (TPSA) is 72.0 Å². The first-order chi connectivity index (χ1) is 13.5. The van der Waals surface area contributed by atoms with E-state index in [-0.39, 0.29) is 6.04 Å². The predicted molar refractivity (Wildman–Crippen MR) is 115 cm³/mol. The molecule has 0 atom stereocenters. The highest BCUT2D eigenvalue weighted by Gasteiger charge is 2.23. The monoisotopic (exact) mass is 378 g/mol. The van der Waals surface area contributed by atoms with Crippen molar-refractivity contribution in [2.24, 2.45) is 5.73 Å². The fraction of sp³-hybridized carbons (Fsp3) is 0.455. The summed E-state index contributed by atoms with van der Waals surface area (Å²) in [7, 11) is 2.10. The van der Waals surface area contributed by atoms with Crippen LogP contribution in [0.1, 0.15) is 38.3 Å². The summed E-state index contributed by atoms with van der Waals surface area (Å²) in [6.45, 7) is 6.72. The van der Waals surface area contributed by atoms with Crippen molar-refractivity contribution in [3.63, 3.8) is 0 Å². The summed E-state index contributed by atoms with van der Waals surface area (Å²) in [6.07, 6.45) is 4.41. The van der Waals surface area contributed by atoms with Gasteiger partial charge in [0.1, 0.15) is 0 Å². The third-order valence-electron chi connectivity index (χ3n) is 5.18. The van der Waals surface area contributed by atoms with Crippen molar-refractivity contribution >= 4 is 16.7 Å². The number of nitrogens with one attached hydrogen (secondary N) is 1. The summed E-state index contributed by atoms with van der Waals surface area (Å²) in [5.41, 5.74) is 11.2. The van der Waals surface area contributed by atoms with Gasteiger partial charge in [-0.15, -0.1) is 0 Å². The van der Waals surface area contributed by atoms with Gasteiger partial charge in [-0.3, -0.25) is 0 Å². The van der Waals surface area contributed by atoms with Crippen LogP contribution in [0.5, 0.6) is 0 Å². The van der Waals surface area contributed by atoms with Crippen molar-refractivity contribution < 1.29 is 0 Å². The summed E-state index contributed by atoms with van der Waals surface area (Å²) < 4.78 is 2.01. The zero-order valence-electron chi connectivity index (χ0n) is 17.0. The molecule has 0 aliphatic heterocycles. The second-order valence-corrected chi connectivity index (χ2v) is 8.12. The molecule has 148 valence electrons. The Hall–Kier alpha value is -2.44. The third kappa shape index (κ3) is 4.03. The van der Waals surface area contributed by atoms with Gasteiger partial charge in [-0.2, -0.15) is 5.10 Å². The molecule has 3 aromatic rings. The van der Waals surface area contributed by atoms with E-state index in [1.165, 1.54) is 18.4 Å². The highest BCUT2D eigenvalue weighted by atomic mass is 15.3. The van der Waals surface area contributed by atoms with E-state index in [4.69, 9.17) is 10.7 Å². The smallest absolute Gasteiger partial charge is 0.160 e. The van der Waals surface area contributed by atoms with Crippen molar-refractivity contribution in [2.75, 3.05) is 25.5 Å². The molecule has 2 aromatic heterocycles. The van der Waals surface area contributed by atoms with Gasteiger partial charge in [0, 0.05) is 43.0 Å². The minimum Gasteiger partial charge on any atom is -0.382 e. The van der Waals surface area contributed by atoms with E-state index < -0.39 is 0 Å². The van der Waals surface area contributed by atoms with E-state index in [9.17, 15) is 0 Å². The molecule has 6 heteroatoms. The number of hydrogen-bond acceptors (Lipinski definition) is 5. The SMILES string of the molecule is CC(C)n1ncc2c(NC3CC3)cc(-c3cccc(CN(C)CCN)c3)nc21. The largest absolute Gasteiger partial charge is 0.382 e. The summed E-state index contributed by atoms with van der Waals surface area (Å²) in [4.78, 5) is 7.24. The van der Waals surface area contributed by atoms with E-state index in [2.05, 4.69) is 66.5 Å². The molecule has 1 saturated carbocycles. The minimum atomic E-state index is 0.269. The second kappa shape index (κ2) is 7.89. The molecule has 0 radical (unpaired) electrons. The molecule has 4 rings (SSSR count). The molecule has 0 bridgehead atoms. The second-order valence-electron chi connectivity index (χ2n) is 8.12. The van der Waals surface area contributed by atoms with Gasteiger partial charge in [-0.25, -0.2) is 9.67 Å². The van der Waals surface area contributed by atoms with Crippen LogP contribution in [0.3, 0.4) is 0 Å². The molecule has 28 heavy (non-hydrogen) atoms. The first-order valence-electron chi connectivity index (χ1n) is 10.2. The standard InChI is InChI=1S/C22H30N6/c1-15(2)28-22-19(13-24-28)21(25-18-7-8-18)12-20(26-22)17-6-4-5-16(11-17)14-27(3)10-9-23/h4-6,11-13,15,18H,7-10,14,23H2,1-3H3,(H,25,26). The van der Waals surface area contributed by atoms with Gasteiger partial charge < -0.3 is 16.0 Å². The molecular weight excluding hydrogens is 348 g/mol. The molecule has 6 nitrogen and oxygen atoms in total. The number of likely N-dealkylation sites (N-methyl/N-ethyl adjacent to an activating group) is 1. The maximum Gasteiger partial charge on any atom is 0.160 e.